The van der Waals surface area contributed by atoms with Crippen LogP contribution in [0.2, 0.25) is 0 Å². The highest BCUT2D eigenvalue weighted by atomic mass is 16.5. The predicted octanol–water partition coefficient (Wildman–Crippen LogP) is 3.20. The topological polar surface area (TPSA) is 55.5 Å². The Hall–Kier alpha value is -2.33. The third-order valence-corrected chi connectivity index (χ3v) is 3.36. The lowest BCUT2D eigenvalue weighted by molar-refractivity contribution is 0.100. The number of furan rings is 1. The largest absolute Gasteiger partial charge is 0.491 e. The number of benzene rings is 1. The molecule has 1 N–H and O–H groups in total. The van der Waals surface area contributed by atoms with Gasteiger partial charge >= 0.3 is 0 Å². The lowest BCUT2D eigenvalue weighted by Crippen LogP contribution is -2.18. The summed E-state index contributed by atoms with van der Waals surface area (Å²) in [4.78, 5) is 4.06. The van der Waals surface area contributed by atoms with Crippen LogP contribution in [0.5, 0.6) is 5.75 Å². The van der Waals surface area contributed by atoms with Crippen molar-refractivity contribution in [2.24, 2.45) is 0 Å². The zero-order valence-corrected chi connectivity index (χ0v) is 11.6. The van der Waals surface area contributed by atoms with Gasteiger partial charge in [0.25, 0.3) is 0 Å². The molecule has 0 radical (unpaired) electrons. The van der Waals surface area contributed by atoms with Crippen molar-refractivity contribution in [2.45, 2.75) is 18.9 Å². The SMILES string of the molecule is OC(CCc1cccnc1)COc1ccc2ccoc2c1. The van der Waals surface area contributed by atoms with Gasteiger partial charge in [0, 0.05) is 23.8 Å². The third-order valence-electron chi connectivity index (χ3n) is 3.36. The number of ether oxygens (including phenoxy) is 1. The number of aromatic nitrogens is 1. The van der Waals surface area contributed by atoms with Crippen LogP contribution in [0.4, 0.5) is 0 Å². The molecule has 1 unspecified atom stereocenters. The first-order valence-electron chi connectivity index (χ1n) is 6.98. The Morgan fingerprint density at radius 3 is 3.05 bits per heavy atom. The maximum Gasteiger partial charge on any atom is 0.137 e. The summed E-state index contributed by atoms with van der Waals surface area (Å²) in [7, 11) is 0. The standard InChI is InChI=1S/C17H17NO3/c19-15(5-3-13-2-1-8-18-11-13)12-21-16-6-4-14-7-9-20-17(14)10-16/h1-2,4,6-11,15,19H,3,5,12H2. The second kappa shape index (κ2) is 6.41. The molecule has 4 heteroatoms. The number of hydrogen-bond donors (Lipinski definition) is 1. The molecule has 2 aromatic heterocycles. The van der Waals surface area contributed by atoms with Crippen molar-refractivity contribution in [1.82, 2.24) is 4.98 Å². The van der Waals surface area contributed by atoms with Gasteiger partial charge in [0.1, 0.15) is 17.9 Å². The van der Waals surface area contributed by atoms with Gasteiger partial charge in [-0.05, 0) is 42.7 Å². The molecule has 4 nitrogen and oxygen atoms in total. The van der Waals surface area contributed by atoms with Gasteiger partial charge in [0.15, 0.2) is 0 Å². The van der Waals surface area contributed by atoms with E-state index in [-0.39, 0.29) is 6.61 Å². The fourth-order valence-electron chi connectivity index (χ4n) is 2.18. The fraction of sp³-hybridized carbons (Fsp3) is 0.235. The quantitative estimate of drug-likeness (QED) is 0.754. The maximum atomic E-state index is 9.98. The highest BCUT2D eigenvalue weighted by Gasteiger charge is 2.07. The molecule has 2 heterocycles. The average molecular weight is 283 g/mol. The minimum atomic E-state index is -0.502. The highest BCUT2D eigenvalue weighted by molar-refractivity contribution is 5.78. The summed E-state index contributed by atoms with van der Waals surface area (Å²) in [5, 5.41) is 11.0. The molecule has 0 amide bonds. The number of aryl methyl sites for hydroxylation is 1. The van der Waals surface area contributed by atoms with Crippen LogP contribution >= 0.6 is 0 Å². The van der Waals surface area contributed by atoms with Gasteiger partial charge in [-0.1, -0.05) is 6.07 Å². The molecule has 0 bridgehead atoms. The van der Waals surface area contributed by atoms with Crippen molar-refractivity contribution >= 4 is 11.0 Å². The van der Waals surface area contributed by atoms with Crippen molar-refractivity contribution in [2.75, 3.05) is 6.61 Å². The molecule has 3 rings (SSSR count). The molecule has 1 atom stereocenters. The van der Waals surface area contributed by atoms with E-state index in [9.17, 15) is 5.11 Å². The van der Waals surface area contributed by atoms with Crippen molar-refractivity contribution < 1.29 is 14.3 Å². The first-order chi connectivity index (χ1) is 10.3. The Kier molecular flexibility index (Phi) is 4.17. The summed E-state index contributed by atoms with van der Waals surface area (Å²) in [6.45, 7) is 0.270. The first-order valence-corrected chi connectivity index (χ1v) is 6.98. The fourth-order valence-corrected chi connectivity index (χ4v) is 2.18. The molecule has 0 saturated carbocycles. The van der Waals surface area contributed by atoms with Gasteiger partial charge in [-0.2, -0.15) is 0 Å². The summed E-state index contributed by atoms with van der Waals surface area (Å²) in [6, 6.07) is 11.5. The van der Waals surface area contributed by atoms with Crippen LogP contribution < -0.4 is 4.74 Å². The second-order valence-electron chi connectivity index (χ2n) is 4.99. The maximum absolute atomic E-state index is 9.98. The monoisotopic (exact) mass is 283 g/mol. The summed E-state index contributed by atoms with van der Waals surface area (Å²) in [5.74, 6) is 0.706. The Bertz CT molecular complexity index is 693. The van der Waals surface area contributed by atoms with E-state index in [4.69, 9.17) is 9.15 Å². The zero-order chi connectivity index (χ0) is 14.5. The van der Waals surface area contributed by atoms with Crippen molar-refractivity contribution in [3.63, 3.8) is 0 Å². The van der Waals surface area contributed by atoms with E-state index in [1.54, 1.807) is 12.5 Å². The molecule has 21 heavy (non-hydrogen) atoms. The number of pyridine rings is 1. The number of aliphatic hydroxyl groups is 1. The molecule has 1 aromatic carbocycles. The number of hydrogen-bond acceptors (Lipinski definition) is 4. The lowest BCUT2D eigenvalue weighted by atomic mass is 10.1. The van der Waals surface area contributed by atoms with Crippen LogP contribution in [-0.2, 0) is 6.42 Å². The van der Waals surface area contributed by atoms with Gasteiger partial charge in [0.05, 0.1) is 12.4 Å². The van der Waals surface area contributed by atoms with Crippen molar-refractivity contribution in [3.05, 3.63) is 60.6 Å². The number of nitrogens with zero attached hydrogens (tertiary/aromatic N) is 1. The summed E-state index contributed by atoms with van der Waals surface area (Å²) in [5.41, 5.74) is 1.91. The normalized spacial score (nSPS) is 12.4. The highest BCUT2D eigenvalue weighted by Crippen LogP contribution is 2.21. The van der Waals surface area contributed by atoms with Gasteiger partial charge in [-0.3, -0.25) is 4.98 Å². The molecular weight excluding hydrogens is 266 g/mol. The van der Waals surface area contributed by atoms with E-state index < -0.39 is 6.10 Å². The van der Waals surface area contributed by atoms with Gasteiger partial charge in [0.2, 0.25) is 0 Å². The van der Waals surface area contributed by atoms with Crippen molar-refractivity contribution in [1.29, 1.82) is 0 Å². The number of aliphatic hydroxyl groups excluding tert-OH is 1. The lowest BCUT2D eigenvalue weighted by Gasteiger charge is -2.12. The van der Waals surface area contributed by atoms with Crippen LogP contribution in [-0.4, -0.2) is 22.8 Å². The summed E-state index contributed by atoms with van der Waals surface area (Å²) < 4.78 is 10.9. The van der Waals surface area contributed by atoms with Crippen LogP contribution in [0.1, 0.15) is 12.0 Å². The van der Waals surface area contributed by atoms with Crippen LogP contribution in [0.3, 0.4) is 0 Å². The minimum Gasteiger partial charge on any atom is -0.491 e. The third kappa shape index (κ3) is 3.61. The molecule has 0 aliphatic heterocycles. The van der Waals surface area contributed by atoms with Gasteiger partial charge < -0.3 is 14.3 Å². The molecular formula is C17H17NO3. The van der Waals surface area contributed by atoms with Gasteiger partial charge in [-0.25, -0.2) is 0 Å². The summed E-state index contributed by atoms with van der Waals surface area (Å²) in [6.07, 6.45) is 6.14. The second-order valence-corrected chi connectivity index (χ2v) is 4.99. The van der Waals surface area contributed by atoms with E-state index in [2.05, 4.69) is 4.98 Å². The van der Waals surface area contributed by atoms with E-state index in [1.807, 2.05) is 42.6 Å². The number of fused-ring (bicyclic) bond motifs is 1. The Morgan fingerprint density at radius 2 is 2.19 bits per heavy atom. The molecule has 108 valence electrons. The van der Waals surface area contributed by atoms with Crippen molar-refractivity contribution in [3.8, 4) is 5.75 Å². The smallest absolute Gasteiger partial charge is 0.137 e. The molecule has 0 aliphatic carbocycles. The van der Waals surface area contributed by atoms with E-state index >= 15 is 0 Å². The molecule has 0 saturated heterocycles. The van der Waals surface area contributed by atoms with Crippen LogP contribution in [0.15, 0.2) is 59.5 Å². The summed E-state index contributed by atoms with van der Waals surface area (Å²) >= 11 is 0. The zero-order valence-electron chi connectivity index (χ0n) is 11.6. The Morgan fingerprint density at radius 1 is 1.24 bits per heavy atom. The molecule has 0 fully saturated rings. The average Bonchev–Trinajstić information content (AvgIpc) is 2.99. The van der Waals surface area contributed by atoms with E-state index in [0.717, 1.165) is 23.0 Å². The van der Waals surface area contributed by atoms with Crippen LogP contribution in [0, 0.1) is 0 Å². The van der Waals surface area contributed by atoms with Gasteiger partial charge in [-0.15, -0.1) is 0 Å². The minimum absolute atomic E-state index is 0.270. The first kappa shape index (κ1) is 13.6. The number of rotatable bonds is 6. The Labute approximate surface area is 123 Å². The molecule has 3 aromatic rings. The predicted molar refractivity (Wildman–Crippen MR) is 80.3 cm³/mol. The molecule has 0 aliphatic rings. The Balaban J connectivity index is 1.49. The molecule has 0 spiro atoms. The van der Waals surface area contributed by atoms with E-state index in [0.29, 0.717) is 12.2 Å². The van der Waals surface area contributed by atoms with E-state index in [1.165, 1.54) is 0 Å². The van der Waals surface area contributed by atoms with Crippen LogP contribution in [0.25, 0.3) is 11.0 Å².